The van der Waals surface area contributed by atoms with Gasteiger partial charge in [-0.05, 0) is 24.3 Å². The summed E-state index contributed by atoms with van der Waals surface area (Å²) in [5.74, 6) is -1.71. The Morgan fingerprint density at radius 3 is 2.62 bits per heavy atom. The van der Waals surface area contributed by atoms with E-state index in [1.54, 1.807) is 24.3 Å². The Morgan fingerprint density at radius 2 is 1.88 bits per heavy atom. The van der Waals surface area contributed by atoms with Crippen LogP contribution in [0.1, 0.15) is 15.9 Å². The third-order valence-electron chi connectivity index (χ3n) is 3.02. The number of aliphatic carboxylic acids is 1. The van der Waals surface area contributed by atoms with Crippen molar-refractivity contribution in [3.63, 3.8) is 0 Å². The average Bonchev–Trinajstić information content (AvgIpc) is 2.66. The molecule has 0 aliphatic heterocycles. The number of rotatable bonds is 8. The fourth-order valence-electron chi connectivity index (χ4n) is 1.84. The second-order valence-corrected chi connectivity index (χ2v) is 4.93. The zero-order valence-corrected chi connectivity index (χ0v) is 13.6. The molecule has 0 atom stereocenters. The third-order valence-corrected chi connectivity index (χ3v) is 3.02. The molecule has 9 heteroatoms. The third kappa shape index (κ3) is 6.04. The number of nitrogens with one attached hydrogen (secondary N) is 2. The Hall–Kier alpha value is -3.75. The molecule has 0 saturated carbocycles. The minimum atomic E-state index is -1.10. The summed E-state index contributed by atoms with van der Waals surface area (Å²) < 4.78 is 5.12. The maximum Gasteiger partial charge on any atom is 0.341 e. The van der Waals surface area contributed by atoms with Crippen LogP contribution in [0.15, 0.2) is 53.9 Å². The fraction of sp³-hybridized carbons (Fsp3) is 0.118. The number of carboxylic acid groups (broad SMARTS) is 1. The number of para-hydroxylation sites is 1. The van der Waals surface area contributed by atoms with E-state index in [9.17, 15) is 14.4 Å². The first-order valence-electron chi connectivity index (χ1n) is 7.50. The van der Waals surface area contributed by atoms with Crippen molar-refractivity contribution in [3.05, 3.63) is 59.9 Å². The van der Waals surface area contributed by atoms with Gasteiger partial charge in [-0.15, -0.1) is 0 Å². The van der Waals surface area contributed by atoms with E-state index in [-0.39, 0.29) is 6.54 Å². The number of benzene rings is 1. The van der Waals surface area contributed by atoms with Crippen molar-refractivity contribution in [2.75, 3.05) is 13.2 Å². The molecule has 2 rings (SSSR count). The van der Waals surface area contributed by atoms with E-state index >= 15 is 0 Å². The van der Waals surface area contributed by atoms with Crippen LogP contribution in [-0.2, 0) is 9.59 Å². The Kier molecular flexibility index (Phi) is 6.81. The molecular weight excluding hydrogens is 340 g/mol. The molecule has 9 nitrogen and oxygen atoms in total. The SMILES string of the molecule is O=C(O)COc1ccccc1/C=N\NC(=O)CNC(=O)c1ccncc1. The van der Waals surface area contributed by atoms with Crippen LogP contribution < -0.4 is 15.5 Å². The van der Waals surface area contributed by atoms with Gasteiger partial charge in [0.25, 0.3) is 11.8 Å². The van der Waals surface area contributed by atoms with Gasteiger partial charge in [-0.25, -0.2) is 10.2 Å². The summed E-state index contributed by atoms with van der Waals surface area (Å²) in [7, 11) is 0. The number of pyridine rings is 1. The number of carbonyl (C=O) groups is 3. The highest BCUT2D eigenvalue weighted by atomic mass is 16.5. The minimum absolute atomic E-state index is 0.254. The van der Waals surface area contributed by atoms with Gasteiger partial charge in [0.15, 0.2) is 6.61 Å². The van der Waals surface area contributed by atoms with Gasteiger partial charge in [-0.1, -0.05) is 12.1 Å². The Balaban J connectivity index is 1.83. The Morgan fingerprint density at radius 1 is 1.15 bits per heavy atom. The lowest BCUT2D eigenvalue weighted by Crippen LogP contribution is -2.34. The molecule has 2 aromatic rings. The van der Waals surface area contributed by atoms with Crippen molar-refractivity contribution in [3.8, 4) is 5.75 Å². The molecular formula is C17H16N4O5. The normalized spacial score (nSPS) is 10.3. The molecule has 1 heterocycles. The van der Waals surface area contributed by atoms with Crippen LogP contribution in [0, 0.1) is 0 Å². The van der Waals surface area contributed by atoms with Gasteiger partial charge < -0.3 is 15.2 Å². The summed E-state index contributed by atoms with van der Waals surface area (Å²) in [5, 5.41) is 14.9. The van der Waals surface area contributed by atoms with Crippen LogP contribution in [0.5, 0.6) is 5.75 Å². The fourth-order valence-corrected chi connectivity index (χ4v) is 1.84. The highest BCUT2D eigenvalue weighted by molar-refractivity contribution is 5.96. The molecule has 26 heavy (non-hydrogen) atoms. The van der Waals surface area contributed by atoms with E-state index < -0.39 is 24.4 Å². The summed E-state index contributed by atoms with van der Waals surface area (Å²) >= 11 is 0. The molecule has 0 bridgehead atoms. The molecule has 0 aliphatic carbocycles. The van der Waals surface area contributed by atoms with Crippen LogP contribution in [-0.4, -0.2) is 47.2 Å². The van der Waals surface area contributed by atoms with Crippen molar-refractivity contribution in [1.82, 2.24) is 15.7 Å². The van der Waals surface area contributed by atoms with Crippen LogP contribution in [0.4, 0.5) is 0 Å². The van der Waals surface area contributed by atoms with Crippen LogP contribution in [0.3, 0.4) is 0 Å². The van der Waals surface area contributed by atoms with Gasteiger partial charge >= 0.3 is 5.97 Å². The number of ether oxygens (including phenoxy) is 1. The number of aromatic nitrogens is 1. The predicted octanol–water partition coefficient (Wildman–Crippen LogP) is 0.425. The van der Waals surface area contributed by atoms with E-state index in [1.165, 1.54) is 30.7 Å². The monoisotopic (exact) mass is 356 g/mol. The second kappa shape index (κ2) is 9.52. The van der Waals surface area contributed by atoms with Gasteiger partial charge in [-0.3, -0.25) is 14.6 Å². The number of hydrogen-bond acceptors (Lipinski definition) is 6. The predicted molar refractivity (Wildman–Crippen MR) is 91.9 cm³/mol. The molecule has 3 N–H and O–H groups in total. The van der Waals surface area contributed by atoms with E-state index in [2.05, 4.69) is 20.8 Å². The molecule has 1 aromatic heterocycles. The quantitative estimate of drug-likeness (QED) is 0.464. The molecule has 134 valence electrons. The summed E-state index contributed by atoms with van der Waals surface area (Å²) in [4.78, 5) is 37.9. The lowest BCUT2D eigenvalue weighted by molar-refractivity contribution is -0.139. The smallest absolute Gasteiger partial charge is 0.341 e. The summed E-state index contributed by atoms with van der Waals surface area (Å²) in [6, 6.07) is 9.69. The molecule has 0 fully saturated rings. The number of nitrogens with zero attached hydrogens (tertiary/aromatic N) is 2. The van der Waals surface area contributed by atoms with Crippen LogP contribution in [0.25, 0.3) is 0 Å². The van der Waals surface area contributed by atoms with Crippen molar-refractivity contribution in [2.45, 2.75) is 0 Å². The maximum atomic E-state index is 11.8. The van der Waals surface area contributed by atoms with Gasteiger partial charge in [0.1, 0.15) is 5.75 Å². The molecule has 0 spiro atoms. The number of hydrogen-bond donors (Lipinski definition) is 3. The van der Waals surface area contributed by atoms with E-state index in [4.69, 9.17) is 9.84 Å². The first-order valence-corrected chi connectivity index (χ1v) is 7.50. The Bertz CT molecular complexity index is 808. The summed E-state index contributed by atoms with van der Waals surface area (Å²) in [5.41, 5.74) is 3.15. The molecule has 0 radical (unpaired) electrons. The number of carbonyl (C=O) groups excluding carboxylic acids is 2. The number of hydrazone groups is 1. The van der Waals surface area contributed by atoms with Crippen LogP contribution >= 0.6 is 0 Å². The van der Waals surface area contributed by atoms with Crippen molar-refractivity contribution < 1.29 is 24.2 Å². The number of carboxylic acids is 1. The molecule has 0 saturated heterocycles. The second-order valence-electron chi connectivity index (χ2n) is 4.93. The number of amides is 2. The zero-order valence-electron chi connectivity index (χ0n) is 13.6. The molecule has 0 aliphatic rings. The Labute approximate surface area is 148 Å². The first kappa shape index (κ1) is 18.6. The largest absolute Gasteiger partial charge is 0.481 e. The van der Waals surface area contributed by atoms with Crippen molar-refractivity contribution >= 4 is 24.0 Å². The topological polar surface area (TPSA) is 130 Å². The average molecular weight is 356 g/mol. The summed E-state index contributed by atoms with van der Waals surface area (Å²) in [6.07, 6.45) is 4.27. The first-order chi connectivity index (χ1) is 12.6. The lowest BCUT2D eigenvalue weighted by Gasteiger charge is -2.06. The van der Waals surface area contributed by atoms with Crippen molar-refractivity contribution in [1.29, 1.82) is 0 Å². The standard InChI is InChI=1S/C17H16N4O5/c22-15(10-19-17(25)12-5-7-18-8-6-12)21-20-9-13-3-1-2-4-14(13)26-11-16(23)24/h1-9H,10-11H2,(H,19,25)(H,21,22)(H,23,24)/b20-9-. The van der Waals surface area contributed by atoms with Crippen molar-refractivity contribution in [2.24, 2.45) is 5.10 Å². The minimum Gasteiger partial charge on any atom is -0.481 e. The zero-order chi connectivity index (χ0) is 18.8. The summed E-state index contributed by atoms with van der Waals surface area (Å²) in [6.45, 7) is -0.742. The highest BCUT2D eigenvalue weighted by Crippen LogP contribution is 2.15. The van der Waals surface area contributed by atoms with Gasteiger partial charge in [0, 0.05) is 23.5 Å². The lowest BCUT2D eigenvalue weighted by atomic mass is 10.2. The van der Waals surface area contributed by atoms with Gasteiger partial charge in [0.05, 0.1) is 12.8 Å². The molecule has 0 unspecified atom stereocenters. The van der Waals surface area contributed by atoms with Gasteiger partial charge in [-0.2, -0.15) is 5.10 Å². The molecule has 2 amide bonds. The van der Waals surface area contributed by atoms with E-state index in [0.717, 1.165) is 0 Å². The maximum absolute atomic E-state index is 11.8. The highest BCUT2D eigenvalue weighted by Gasteiger charge is 2.07. The van der Waals surface area contributed by atoms with Gasteiger partial charge in [0.2, 0.25) is 0 Å². The molecule has 1 aromatic carbocycles. The van der Waals surface area contributed by atoms with Crippen LogP contribution in [0.2, 0.25) is 0 Å². The van der Waals surface area contributed by atoms with E-state index in [0.29, 0.717) is 16.9 Å². The van der Waals surface area contributed by atoms with E-state index in [1.807, 2.05) is 0 Å².